The zero-order chi connectivity index (χ0) is 13.5. The van der Waals surface area contributed by atoms with Crippen molar-refractivity contribution in [1.29, 1.82) is 0 Å². The lowest BCUT2D eigenvalue weighted by atomic mass is 10.1. The summed E-state index contributed by atoms with van der Waals surface area (Å²) in [6.45, 7) is 0. The maximum Gasteiger partial charge on any atom is 0.311 e. The number of carbonyl (C=O) groups is 1. The molecule has 8 heteroatoms. The van der Waals surface area contributed by atoms with Gasteiger partial charge >= 0.3 is 16.1 Å². The summed E-state index contributed by atoms with van der Waals surface area (Å²) in [7, 11) is -3.63. The number of carbonyl (C=O) groups excluding carboxylic acids is 1. The van der Waals surface area contributed by atoms with E-state index < -0.39 is 10.1 Å². The van der Waals surface area contributed by atoms with Crippen molar-refractivity contribution < 1.29 is 22.1 Å². The average molecular weight is 400 g/mol. The van der Waals surface area contributed by atoms with Crippen molar-refractivity contribution in [2.45, 2.75) is 12.8 Å². The van der Waals surface area contributed by atoms with E-state index in [0.717, 1.165) is 11.8 Å². The second-order valence-corrected chi connectivity index (χ2v) is 6.96. The lowest BCUT2D eigenvalue weighted by Crippen LogP contribution is -2.17. The van der Waals surface area contributed by atoms with Crippen LogP contribution in [-0.2, 0) is 21.3 Å². The van der Waals surface area contributed by atoms with Crippen LogP contribution in [0, 0.1) is 0 Å². The molecule has 0 saturated heterocycles. The predicted octanol–water partition coefficient (Wildman–Crippen LogP) is 2.40. The molecular formula is C10H8Br2O5S. The van der Waals surface area contributed by atoms with Gasteiger partial charge < -0.3 is 8.92 Å². The highest BCUT2D eigenvalue weighted by Gasteiger charge is 2.25. The van der Waals surface area contributed by atoms with Gasteiger partial charge in [0.1, 0.15) is 5.75 Å². The van der Waals surface area contributed by atoms with Crippen molar-refractivity contribution in [3.8, 4) is 11.5 Å². The van der Waals surface area contributed by atoms with Crippen LogP contribution in [0.1, 0.15) is 12.0 Å². The minimum atomic E-state index is -3.63. The topological polar surface area (TPSA) is 69.7 Å². The van der Waals surface area contributed by atoms with Crippen molar-refractivity contribution in [2.75, 3.05) is 6.26 Å². The fourth-order valence-electron chi connectivity index (χ4n) is 1.57. The standard InChI is InChI=1S/C10H8Br2O5S/c1-18(14,15)17-10-6(11)4-7-5(9(10)12)2-3-8(13)16-7/h4H,2-3H2,1H3. The molecule has 0 fully saturated rings. The van der Waals surface area contributed by atoms with E-state index in [1.54, 1.807) is 0 Å². The molecule has 98 valence electrons. The Labute approximate surface area is 121 Å². The number of halogens is 2. The molecule has 1 aliphatic rings. The summed E-state index contributed by atoms with van der Waals surface area (Å²) in [5, 5.41) is 0. The molecule has 1 heterocycles. The summed E-state index contributed by atoms with van der Waals surface area (Å²) in [6, 6.07) is 1.53. The Morgan fingerprint density at radius 1 is 1.33 bits per heavy atom. The predicted molar refractivity (Wildman–Crippen MR) is 71.3 cm³/mol. The van der Waals surface area contributed by atoms with Gasteiger partial charge in [-0.05, 0) is 44.3 Å². The van der Waals surface area contributed by atoms with E-state index >= 15 is 0 Å². The average Bonchev–Trinajstić information content (AvgIpc) is 2.22. The molecule has 1 aromatic rings. The van der Waals surface area contributed by atoms with Gasteiger partial charge in [-0.15, -0.1) is 0 Å². The first-order chi connectivity index (χ1) is 8.28. The minimum Gasteiger partial charge on any atom is -0.426 e. The van der Waals surface area contributed by atoms with Crippen molar-refractivity contribution in [1.82, 2.24) is 0 Å². The van der Waals surface area contributed by atoms with Crippen molar-refractivity contribution >= 4 is 47.9 Å². The van der Waals surface area contributed by atoms with Gasteiger partial charge in [0.15, 0.2) is 5.75 Å². The molecule has 0 radical (unpaired) electrons. The van der Waals surface area contributed by atoms with Crippen LogP contribution in [-0.4, -0.2) is 20.6 Å². The Bertz CT molecular complexity index is 624. The first-order valence-corrected chi connectivity index (χ1v) is 8.29. The summed E-state index contributed by atoms with van der Waals surface area (Å²) < 4.78 is 33.2. The second kappa shape index (κ2) is 4.82. The van der Waals surface area contributed by atoms with Crippen LogP contribution >= 0.6 is 31.9 Å². The van der Waals surface area contributed by atoms with Crippen LogP contribution in [0.25, 0.3) is 0 Å². The molecule has 0 spiro atoms. The van der Waals surface area contributed by atoms with Gasteiger partial charge in [0.25, 0.3) is 0 Å². The molecule has 5 nitrogen and oxygen atoms in total. The third kappa shape index (κ3) is 2.86. The third-order valence-electron chi connectivity index (χ3n) is 2.27. The molecule has 1 aliphatic heterocycles. The summed E-state index contributed by atoms with van der Waals surface area (Å²) >= 11 is 6.47. The monoisotopic (exact) mass is 398 g/mol. The van der Waals surface area contributed by atoms with Gasteiger partial charge in [0.2, 0.25) is 0 Å². The number of ether oxygens (including phenoxy) is 1. The first kappa shape index (κ1) is 13.8. The van der Waals surface area contributed by atoms with E-state index in [0.29, 0.717) is 21.1 Å². The number of benzene rings is 1. The van der Waals surface area contributed by atoms with Crippen LogP contribution in [0.4, 0.5) is 0 Å². The lowest BCUT2D eigenvalue weighted by molar-refractivity contribution is -0.135. The summed E-state index contributed by atoms with van der Waals surface area (Å²) in [6.07, 6.45) is 1.69. The number of fused-ring (bicyclic) bond motifs is 1. The number of esters is 1. The molecule has 0 unspecified atom stereocenters. The van der Waals surface area contributed by atoms with Crippen molar-refractivity contribution in [2.24, 2.45) is 0 Å². The Kier molecular flexibility index (Phi) is 3.70. The van der Waals surface area contributed by atoms with Gasteiger partial charge in [0.05, 0.1) is 21.6 Å². The van der Waals surface area contributed by atoms with Crippen LogP contribution in [0.5, 0.6) is 11.5 Å². The summed E-state index contributed by atoms with van der Waals surface area (Å²) in [4.78, 5) is 11.2. The van der Waals surface area contributed by atoms with Crippen LogP contribution in [0.15, 0.2) is 15.0 Å². The lowest BCUT2D eigenvalue weighted by Gasteiger charge is -2.19. The molecule has 0 atom stereocenters. The maximum atomic E-state index is 11.2. The van der Waals surface area contributed by atoms with E-state index in [1.165, 1.54) is 6.07 Å². The third-order valence-corrected chi connectivity index (χ3v) is 4.17. The molecule has 0 bridgehead atoms. The van der Waals surface area contributed by atoms with Crippen LogP contribution < -0.4 is 8.92 Å². The van der Waals surface area contributed by atoms with Gasteiger partial charge in [-0.2, -0.15) is 8.42 Å². The smallest absolute Gasteiger partial charge is 0.311 e. The van der Waals surface area contributed by atoms with Crippen molar-refractivity contribution in [3.05, 3.63) is 20.6 Å². The first-order valence-electron chi connectivity index (χ1n) is 4.89. The van der Waals surface area contributed by atoms with Crippen LogP contribution in [0.3, 0.4) is 0 Å². The zero-order valence-electron chi connectivity index (χ0n) is 9.20. The second-order valence-electron chi connectivity index (χ2n) is 3.74. The highest BCUT2D eigenvalue weighted by atomic mass is 79.9. The SMILES string of the molecule is CS(=O)(=O)Oc1c(Br)cc2c(c1Br)CCC(=O)O2. The molecule has 18 heavy (non-hydrogen) atoms. The molecule has 1 aromatic carbocycles. The fourth-order valence-corrected chi connectivity index (χ4v) is 3.70. The Hall–Kier alpha value is -0.600. The number of hydrogen-bond acceptors (Lipinski definition) is 5. The molecule has 2 rings (SSSR count). The van der Waals surface area contributed by atoms with E-state index in [9.17, 15) is 13.2 Å². The minimum absolute atomic E-state index is 0.161. The molecule has 0 saturated carbocycles. The molecule has 0 N–H and O–H groups in total. The largest absolute Gasteiger partial charge is 0.426 e. The quantitative estimate of drug-likeness (QED) is 0.434. The zero-order valence-corrected chi connectivity index (χ0v) is 13.2. The molecule has 0 aliphatic carbocycles. The summed E-state index contributed by atoms with van der Waals surface area (Å²) in [5.74, 6) is 0.262. The van der Waals surface area contributed by atoms with E-state index in [-0.39, 0.29) is 18.1 Å². The van der Waals surface area contributed by atoms with Gasteiger partial charge in [-0.1, -0.05) is 0 Å². The van der Waals surface area contributed by atoms with E-state index in [4.69, 9.17) is 8.92 Å². The Balaban J connectivity index is 2.54. The number of hydrogen-bond donors (Lipinski definition) is 0. The maximum absolute atomic E-state index is 11.2. The highest BCUT2D eigenvalue weighted by molar-refractivity contribution is 9.11. The Morgan fingerprint density at radius 2 is 2.00 bits per heavy atom. The molecule has 0 amide bonds. The summed E-state index contributed by atoms with van der Waals surface area (Å²) in [5.41, 5.74) is 0.719. The van der Waals surface area contributed by atoms with Crippen molar-refractivity contribution in [3.63, 3.8) is 0 Å². The molecular weight excluding hydrogens is 392 g/mol. The van der Waals surface area contributed by atoms with Gasteiger partial charge in [0, 0.05) is 5.56 Å². The van der Waals surface area contributed by atoms with E-state index in [2.05, 4.69) is 31.9 Å². The Morgan fingerprint density at radius 3 is 2.61 bits per heavy atom. The van der Waals surface area contributed by atoms with Crippen LogP contribution in [0.2, 0.25) is 0 Å². The van der Waals surface area contributed by atoms with E-state index in [1.807, 2.05) is 0 Å². The molecule has 0 aromatic heterocycles. The fraction of sp³-hybridized carbons (Fsp3) is 0.300. The van der Waals surface area contributed by atoms with Gasteiger partial charge in [-0.25, -0.2) is 0 Å². The normalized spacial score (nSPS) is 14.9. The number of rotatable bonds is 2. The highest BCUT2D eigenvalue weighted by Crippen LogP contribution is 2.43. The van der Waals surface area contributed by atoms with Gasteiger partial charge in [-0.3, -0.25) is 4.79 Å².